The highest BCUT2D eigenvalue weighted by atomic mass is 16.6. The Morgan fingerprint density at radius 2 is 2.31 bits per heavy atom. The molecule has 0 radical (unpaired) electrons. The molecular formula is C5H11N5O3. The highest BCUT2D eigenvalue weighted by Crippen LogP contribution is 1.80. The predicted octanol–water partition coefficient (Wildman–Crippen LogP) is -0.0868. The first-order chi connectivity index (χ1) is 6.31. The van der Waals surface area contributed by atoms with Crippen LogP contribution >= 0.6 is 0 Å². The number of hydrogen-bond acceptors (Lipinski definition) is 5. The Hall–Kier alpha value is -1.50. The lowest BCUT2D eigenvalue weighted by Gasteiger charge is -2.03. The van der Waals surface area contributed by atoms with Gasteiger partial charge in [0.15, 0.2) is 0 Å². The minimum absolute atomic E-state index is 0.110. The molecule has 0 aromatic carbocycles. The van der Waals surface area contributed by atoms with Crippen LogP contribution in [0.3, 0.4) is 0 Å². The lowest BCUT2D eigenvalue weighted by molar-refractivity contribution is 0.0764. The minimum atomic E-state index is -0.710. The van der Waals surface area contributed by atoms with Crippen molar-refractivity contribution in [3.8, 4) is 0 Å². The van der Waals surface area contributed by atoms with Gasteiger partial charge in [0.05, 0.1) is 13.2 Å². The van der Waals surface area contributed by atoms with Crippen molar-refractivity contribution in [1.29, 1.82) is 0 Å². The first-order valence-electron chi connectivity index (χ1n) is 3.53. The molecule has 0 aliphatic carbocycles. The van der Waals surface area contributed by atoms with Crippen LogP contribution in [0.25, 0.3) is 10.4 Å². The molecule has 0 rings (SSSR count). The second-order valence-corrected chi connectivity index (χ2v) is 1.85. The number of nitrogens with zero attached hydrogens (tertiary/aromatic N) is 3. The molecule has 0 aliphatic rings. The van der Waals surface area contributed by atoms with E-state index in [-0.39, 0.29) is 19.8 Å². The van der Waals surface area contributed by atoms with Crippen molar-refractivity contribution in [1.82, 2.24) is 5.43 Å². The van der Waals surface area contributed by atoms with Gasteiger partial charge in [-0.05, 0) is 5.53 Å². The Labute approximate surface area is 74.6 Å². The lowest BCUT2D eigenvalue weighted by atomic mass is 10.7. The van der Waals surface area contributed by atoms with Crippen LogP contribution in [0.4, 0.5) is 4.79 Å². The molecule has 3 N–H and O–H groups in total. The molecule has 8 nitrogen and oxygen atoms in total. The van der Waals surface area contributed by atoms with Crippen molar-refractivity contribution in [2.24, 2.45) is 11.0 Å². The molecular weight excluding hydrogens is 178 g/mol. The monoisotopic (exact) mass is 189 g/mol. The second kappa shape index (κ2) is 8.60. The van der Waals surface area contributed by atoms with Crippen LogP contribution in [0.15, 0.2) is 5.11 Å². The summed E-state index contributed by atoms with van der Waals surface area (Å²) in [6, 6.07) is 0. The quantitative estimate of drug-likeness (QED) is 0.115. The smallest absolute Gasteiger partial charge is 0.421 e. The third-order valence-corrected chi connectivity index (χ3v) is 0.978. The lowest BCUT2D eigenvalue weighted by Crippen LogP contribution is -2.31. The van der Waals surface area contributed by atoms with E-state index in [1.54, 1.807) is 5.43 Å². The van der Waals surface area contributed by atoms with Gasteiger partial charge in [-0.1, -0.05) is 5.11 Å². The predicted molar refractivity (Wildman–Crippen MR) is 43.5 cm³/mol. The molecule has 74 valence electrons. The largest absolute Gasteiger partial charge is 0.446 e. The van der Waals surface area contributed by atoms with E-state index in [1.807, 2.05) is 0 Å². The maximum absolute atomic E-state index is 10.4. The number of amides is 1. The SMILES string of the molecule is [N-]=[N+]=NCCOCCOC(=O)NN. The number of hydrazine groups is 1. The van der Waals surface area contributed by atoms with E-state index in [1.165, 1.54) is 0 Å². The number of carbonyl (C=O) groups excluding carboxylic acids is 1. The summed E-state index contributed by atoms with van der Waals surface area (Å²) in [4.78, 5) is 12.9. The van der Waals surface area contributed by atoms with Gasteiger partial charge in [0, 0.05) is 11.5 Å². The Balaban J connectivity index is 3.08. The van der Waals surface area contributed by atoms with Gasteiger partial charge in [-0.3, -0.25) is 5.43 Å². The number of carbonyl (C=O) groups is 1. The molecule has 0 saturated carbocycles. The van der Waals surface area contributed by atoms with E-state index in [0.717, 1.165) is 0 Å². The maximum Gasteiger partial charge on any atom is 0.421 e. The summed E-state index contributed by atoms with van der Waals surface area (Å²) in [5, 5.41) is 3.24. The Morgan fingerprint density at radius 3 is 2.92 bits per heavy atom. The molecule has 0 spiro atoms. The zero-order chi connectivity index (χ0) is 9.94. The van der Waals surface area contributed by atoms with Gasteiger partial charge in [0.25, 0.3) is 0 Å². The highest BCUT2D eigenvalue weighted by molar-refractivity contribution is 5.66. The molecule has 13 heavy (non-hydrogen) atoms. The average Bonchev–Trinajstić information content (AvgIpc) is 2.16. The summed E-state index contributed by atoms with van der Waals surface area (Å²) in [7, 11) is 0. The Bertz CT molecular complexity index is 191. The molecule has 0 unspecified atom stereocenters. The maximum atomic E-state index is 10.4. The van der Waals surface area contributed by atoms with Gasteiger partial charge >= 0.3 is 6.09 Å². The zero-order valence-corrected chi connectivity index (χ0v) is 6.97. The summed E-state index contributed by atoms with van der Waals surface area (Å²) in [5.74, 6) is 4.73. The fraction of sp³-hybridized carbons (Fsp3) is 0.800. The summed E-state index contributed by atoms with van der Waals surface area (Å²) >= 11 is 0. The third kappa shape index (κ3) is 8.41. The van der Waals surface area contributed by atoms with E-state index in [2.05, 4.69) is 14.8 Å². The molecule has 0 fully saturated rings. The molecule has 0 bridgehead atoms. The number of nitrogens with one attached hydrogen (secondary N) is 1. The molecule has 0 heterocycles. The Kier molecular flexibility index (Phi) is 7.60. The van der Waals surface area contributed by atoms with Crippen molar-refractivity contribution in [2.45, 2.75) is 0 Å². The van der Waals surface area contributed by atoms with E-state index in [9.17, 15) is 4.79 Å². The van der Waals surface area contributed by atoms with Gasteiger partial charge in [0.1, 0.15) is 6.61 Å². The van der Waals surface area contributed by atoms with E-state index in [4.69, 9.17) is 16.1 Å². The highest BCUT2D eigenvalue weighted by Gasteiger charge is 1.95. The van der Waals surface area contributed by atoms with Gasteiger partial charge in [-0.15, -0.1) is 0 Å². The van der Waals surface area contributed by atoms with Crippen LogP contribution in [-0.4, -0.2) is 32.5 Å². The molecule has 0 saturated heterocycles. The molecule has 0 atom stereocenters. The minimum Gasteiger partial charge on any atom is -0.446 e. The van der Waals surface area contributed by atoms with Crippen LogP contribution in [0, 0.1) is 0 Å². The van der Waals surface area contributed by atoms with Gasteiger partial charge in [-0.25, -0.2) is 10.6 Å². The number of nitrogens with two attached hydrogens (primary N) is 1. The molecule has 0 aliphatic heterocycles. The van der Waals surface area contributed by atoms with Crippen LogP contribution < -0.4 is 11.3 Å². The normalized spacial score (nSPS) is 8.69. The molecule has 1 amide bonds. The molecule has 8 heteroatoms. The number of rotatable bonds is 6. The van der Waals surface area contributed by atoms with E-state index < -0.39 is 6.09 Å². The molecule has 0 aromatic rings. The number of hydrogen-bond donors (Lipinski definition) is 2. The van der Waals surface area contributed by atoms with Gasteiger partial charge in [-0.2, -0.15) is 0 Å². The van der Waals surface area contributed by atoms with Crippen molar-refractivity contribution < 1.29 is 14.3 Å². The summed E-state index contributed by atoms with van der Waals surface area (Å²) in [6.07, 6.45) is -0.710. The Morgan fingerprint density at radius 1 is 1.54 bits per heavy atom. The topological polar surface area (TPSA) is 122 Å². The number of ether oxygens (including phenoxy) is 2. The van der Waals surface area contributed by atoms with Gasteiger partial charge < -0.3 is 9.47 Å². The fourth-order valence-electron chi connectivity index (χ4n) is 0.487. The third-order valence-electron chi connectivity index (χ3n) is 0.978. The summed E-state index contributed by atoms with van der Waals surface area (Å²) in [5.41, 5.74) is 9.68. The van der Waals surface area contributed by atoms with Crippen LogP contribution in [0.2, 0.25) is 0 Å². The zero-order valence-electron chi connectivity index (χ0n) is 6.97. The first-order valence-corrected chi connectivity index (χ1v) is 3.53. The van der Waals surface area contributed by atoms with E-state index in [0.29, 0.717) is 6.61 Å². The van der Waals surface area contributed by atoms with Crippen molar-refractivity contribution in [3.63, 3.8) is 0 Å². The van der Waals surface area contributed by atoms with E-state index >= 15 is 0 Å². The second-order valence-electron chi connectivity index (χ2n) is 1.85. The standard InChI is InChI=1S/C5H11N5O3/c6-9-5(11)13-4-3-12-2-1-8-10-7/h1-4,6H2,(H,9,11). The summed E-state index contributed by atoms with van der Waals surface area (Å²) in [6.45, 7) is 0.922. The average molecular weight is 189 g/mol. The van der Waals surface area contributed by atoms with Crippen molar-refractivity contribution in [2.75, 3.05) is 26.4 Å². The van der Waals surface area contributed by atoms with Crippen LogP contribution in [0.1, 0.15) is 0 Å². The molecule has 0 aromatic heterocycles. The first kappa shape index (κ1) is 11.5. The van der Waals surface area contributed by atoms with Crippen molar-refractivity contribution in [3.05, 3.63) is 10.4 Å². The fourth-order valence-corrected chi connectivity index (χ4v) is 0.487. The number of azide groups is 1. The van der Waals surface area contributed by atoms with Crippen LogP contribution in [0.5, 0.6) is 0 Å². The van der Waals surface area contributed by atoms with Gasteiger partial charge in [0.2, 0.25) is 0 Å². The van der Waals surface area contributed by atoms with Crippen molar-refractivity contribution >= 4 is 6.09 Å². The summed E-state index contributed by atoms with van der Waals surface area (Å²) < 4.78 is 9.41. The van der Waals surface area contributed by atoms with Crippen LogP contribution in [-0.2, 0) is 9.47 Å².